The normalized spacial score (nSPS) is 11.5. The molecule has 0 bridgehead atoms. The zero-order valence-corrected chi connectivity index (χ0v) is 16.7. The van der Waals surface area contributed by atoms with Gasteiger partial charge in [-0.25, -0.2) is 17.4 Å². The molecule has 0 saturated heterocycles. The number of fused-ring (bicyclic) bond motifs is 1. The molecule has 0 fully saturated rings. The van der Waals surface area contributed by atoms with E-state index in [1.54, 1.807) is 36.4 Å². The van der Waals surface area contributed by atoms with Crippen LogP contribution in [0.5, 0.6) is 0 Å². The number of amides is 1. The molecule has 0 aliphatic rings. The smallest absolute Gasteiger partial charge is 0.269 e. The van der Waals surface area contributed by atoms with Gasteiger partial charge in [-0.3, -0.25) is 9.59 Å². The van der Waals surface area contributed by atoms with Gasteiger partial charge in [0.1, 0.15) is 6.29 Å². The van der Waals surface area contributed by atoms with Crippen molar-refractivity contribution in [3.05, 3.63) is 83.7 Å². The van der Waals surface area contributed by atoms with Gasteiger partial charge in [-0.05, 0) is 30.7 Å². The van der Waals surface area contributed by atoms with E-state index in [0.29, 0.717) is 23.0 Å². The SMILES string of the molecule is Cc1ccc(S(=O)(=O)n2c[c]c3c(C(N)=O)c(-c4cccc(C=O)c4)cnc32)cc1. The van der Waals surface area contributed by atoms with Crippen molar-refractivity contribution >= 4 is 33.3 Å². The van der Waals surface area contributed by atoms with Gasteiger partial charge in [-0.15, -0.1) is 0 Å². The maximum absolute atomic E-state index is 13.1. The van der Waals surface area contributed by atoms with Crippen molar-refractivity contribution in [3.63, 3.8) is 0 Å². The standard InChI is InChI=1S/C22H16N3O4S/c1-14-5-7-17(8-6-14)30(28,29)25-10-9-18-20(21(23)27)19(12-24-22(18)25)16-4-2-3-15(11-16)13-26/h2-8,10-13H,1H3,(H2,23,27). The molecular weight excluding hydrogens is 402 g/mol. The maximum Gasteiger partial charge on any atom is 0.269 e. The van der Waals surface area contributed by atoms with E-state index in [1.807, 2.05) is 6.92 Å². The molecule has 149 valence electrons. The highest BCUT2D eigenvalue weighted by Gasteiger charge is 2.24. The summed E-state index contributed by atoms with van der Waals surface area (Å²) in [5, 5.41) is 0.187. The lowest BCUT2D eigenvalue weighted by molar-refractivity contribution is 0.100. The summed E-state index contributed by atoms with van der Waals surface area (Å²) < 4.78 is 27.2. The highest BCUT2D eigenvalue weighted by Crippen LogP contribution is 2.31. The van der Waals surface area contributed by atoms with Gasteiger partial charge >= 0.3 is 0 Å². The van der Waals surface area contributed by atoms with E-state index in [1.165, 1.54) is 24.5 Å². The molecule has 2 aromatic heterocycles. The zero-order chi connectivity index (χ0) is 21.5. The lowest BCUT2D eigenvalue weighted by atomic mass is 9.98. The first-order valence-electron chi connectivity index (χ1n) is 8.92. The summed E-state index contributed by atoms with van der Waals surface area (Å²) in [5.74, 6) is -0.754. The van der Waals surface area contributed by atoms with E-state index < -0.39 is 15.9 Å². The summed E-state index contributed by atoms with van der Waals surface area (Å²) in [6.07, 6.45) is 3.29. The molecule has 0 saturated carbocycles. The average molecular weight is 418 g/mol. The first-order valence-corrected chi connectivity index (χ1v) is 10.4. The van der Waals surface area contributed by atoms with Crippen LogP contribution in [0.25, 0.3) is 22.2 Å². The highest BCUT2D eigenvalue weighted by molar-refractivity contribution is 7.90. The van der Waals surface area contributed by atoms with Crippen LogP contribution in [-0.4, -0.2) is 29.6 Å². The van der Waals surface area contributed by atoms with E-state index in [2.05, 4.69) is 11.1 Å². The van der Waals surface area contributed by atoms with Crippen LogP contribution in [-0.2, 0) is 10.0 Å². The summed E-state index contributed by atoms with van der Waals surface area (Å²) in [4.78, 5) is 27.8. The second-order valence-corrected chi connectivity index (χ2v) is 8.56. The van der Waals surface area contributed by atoms with Gasteiger partial charge in [-0.2, -0.15) is 0 Å². The van der Waals surface area contributed by atoms with Gasteiger partial charge in [0.25, 0.3) is 10.0 Å². The number of carbonyl (C=O) groups is 2. The predicted molar refractivity (Wildman–Crippen MR) is 112 cm³/mol. The fourth-order valence-corrected chi connectivity index (χ4v) is 4.52. The number of nitrogens with zero attached hydrogens (tertiary/aromatic N) is 2. The van der Waals surface area contributed by atoms with E-state index in [9.17, 15) is 18.0 Å². The van der Waals surface area contributed by atoms with Crippen LogP contribution in [0, 0.1) is 13.0 Å². The Hall–Kier alpha value is -3.78. The Bertz CT molecular complexity index is 1400. The van der Waals surface area contributed by atoms with Gasteiger partial charge in [0.2, 0.25) is 5.91 Å². The molecule has 0 aliphatic heterocycles. The molecule has 2 heterocycles. The topological polar surface area (TPSA) is 112 Å². The summed E-state index contributed by atoms with van der Waals surface area (Å²) in [7, 11) is -3.95. The number of rotatable bonds is 5. The first kappa shape index (κ1) is 19.5. The lowest BCUT2D eigenvalue weighted by Gasteiger charge is -2.11. The molecule has 7 nitrogen and oxygen atoms in total. The van der Waals surface area contributed by atoms with Crippen LogP contribution in [0.15, 0.2) is 65.8 Å². The van der Waals surface area contributed by atoms with Crippen molar-refractivity contribution in [1.29, 1.82) is 0 Å². The number of aldehydes is 1. The zero-order valence-electron chi connectivity index (χ0n) is 15.9. The molecule has 1 amide bonds. The van der Waals surface area contributed by atoms with Crippen molar-refractivity contribution in [2.24, 2.45) is 5.73 Å². The third-order valence-corrected chi connectivity index (χ3v) is 6.42. The predicted octanol–water partition coefficient (Wildman–Crippen LogP) is 2.96. The van der Waals surface area contributed by atoms with Crippen LogP contribution in [0.2, 0.25) is 0 Å². The second kappa shape index (κ2) is 7.23. The molecule has 0 spiro atoms. The van der Waals surface area contributed by atoms with Gasteiger partial charge in [0.15, 0.2) is 5.65 Å². The molecular formula is C22H16N3O4S. The molecule has 1 radical (unpaired) electrons. The molecule has 2 aromatic carbocycles. The van der Waals surface area contributed by atoms with Gasteiger partial charge in [0.05, 0.1) is 10.5 Å². The summed E-state index contributed by atoms with van der Waals surface area (Å²) in [6.45, 7) is 1.86. The van der Waals surface area contributed by atoms with Crippen LogP contribution in [0.3, 0.4) is 0 Å². The number of nitrogens with two attached hydrogens (primary N) is 1. The lowest BCUT2D eigenvalue weighted by Crippen LogP contribution is -2.15. The fraction of sp³-hybridized carbons (Fsp3) is 0.0455. The van der Waals surface area contributed by atoms with Gasteiger partial charge < -0.3 is 5.73 Å². The number of primary amides is 1. The fourth-order valence-electron chi connectivity index (χ4n) is 3.25. The molecule has 8 heteroatoms. The highest BCUT2D eigenvalue weighted by atomic mass is 32.2. The number of hydrogen-bond donors (Lipinski definition) is 1. The van der Waals surface area contributed by atoms with Crippen molar-refractivity contribution in [3.8, 4) is 11.1 Å². The maximum atomic E-state index is 13.1. The van der Waals surface area contributed by atoms with Crippen molar-refractivity contribution in [1.82, 2.24) is 8.96 Å². The van der Waals surface area contributed by atoms with E-state index in [-0.39, 0.29) is 21.5 Å². The van der Waals surface area contributed by atoms with Crippen molar-refractivity contribution < 1.29 is 18.0 Å². The molecule has 30 heavy (non-hydrogen) atoms. The Morgan fingerprint density at radius 1 is 1.17 bits per heavy atom. The summed E-state index contributed by atoms with van der Waals surface area (Å²) in [5.41, 5.74) is 8.04. The minimum atomic E-state index is -3.95. The summed E-state index contributed by atoms with van der Waals surface area (Å²) >= 11 is 0. The van der Waals surface area contributed by atoms with E-state index in [4.69, 9.17) is 5.73 Å². The molecule has 4 aromatic rings. The molecule has 0 atom stereocenters. The quantitative estimate of drug-likeness (QED) is 0.501. The Kier molecular flexibility index (Phi) is 4.71. The Balaban J connectivity index is 1.95. The first-order chi connectivity index (χ1) is 14.3. The molecule has 0 unspecified atom stereocenters. The third-order valence-electron chi connectivity index (χ3n) is 4.75. The van der Waals surface area contributed by atoms with Crippen LogP contribution in [0.4, 0.5) is 0 Å². The summed E-state index contributed by atoms with van der Waals surface area (Å²) in [6, 6.07) is 15.8. The minimum Gasteiger partial charge on any atom is -0.366 e. The number of pyridine rings is 1. The van der Waals surface area contributed by atoms with Crippen molar-refractivity contribution in [2.45, 2.75) is 11.8 Å². The van der Waals surface area contributed by atoms with Crippen LogP contribution < -0.4 is 5.73 Å². The number of carbonyl (C=O) groups excluding carboxylic acids is 2. The molecule has 4 rings (SSSR count). The van der Waals surface area contributed by atoms with Gasteiger partial charge in [0, 0.05) is 35.0 Å². The molecule has 0 aliphatic carbocycles. The Labute approximate surface area is 172 Å². The van der Waals surface area contributed by atoms with Crippen LogP contribution in [0.1, 0.15) is 26.3 Å². The van der Waals surface area contributed by atoms with E-state index in [0.717, 1.165) is 9.54 Å². The monoisotopic (exact) mass is 418 g/mol. The Morgan fingerprint density at radius 2 is 1.90 bits per heavy atom. The number of aromatic nitrogens is 2. The minimum absolute atomic E-state index is 0.0414. The number of benzene rings is 2. The van der Waals surface area contributed by atoms with E-state index >= 15 is 0 Å². The van der Waals surface area contributed by atoms with Gasteiger partial charge in [-0.1, -0.05) is 35.9 Å². The number of aryl methyl sites for hydroxylation is 1. The van der Waals surface area contributed by atoms with Crippen LogP contribution >= 0.6 is 0 Å². The Morgan fingerprint density at radius 3 is 2.57 bits per heavy atom. The average Bonchev–Trinajstić information content (AvgIpc) is 3.18. The third kappa shape index (κ3) is 3.17. The second-order valence-electron chi connectivity index (χ2n) is 6.74. The number of hydrogen-bond acceptors (Lipinski definition) is 5. The molecule has 2 N–H and O–H groups in total. The largest absolute Gasteiger partial charge is 0.366 e. The van der Waals surface area contributed by atoms with Crippen molar-refractivity contribution in [2.75, 3.05) is 0 Å².